The number of piperidine rings is 1. The maximum atomic E-state index is 13.3. The molecule has 1 saturated heterocycles. The Hall–Kier alpha value is -3.75. The first kappa shape index (κ1) is 19.6. The summed E-state index contributed by atoms with van der Waals surface area (Å²) < 4.78 is 20.5. The lowest BCUT2D eigenvalue weighted by Crippen LogP contribution is -2.39. The zero-order valence-electron chi connectivity index (χ0n) is 16.0. The van der Waals surface area contributed by atoms with E-state index in [2.05, 4.69) is 5.10 Å². The fourth-order valence-corrected chi connectivity index (χ4v) is 3.48. The van der Waals surface area contributed by atoms with Crippen molar-refractivity contribution in [3.8, 4) is 11.5 Å². The van der Waals surface area contributed by atoms with Gasteiger partial charge >= 0.3 is 5.82 Å². The Morgan fingerprint density at radius 3 is 2.47 bits per heavy atom. The molecule has 8 nitrogen and oxygen atoms in total. The van der Waals surface area contributed by atoms with E-state index >= 15 is 0 Å². The molecule has 4 rings (SSSR count). The fourth-order valence-electron chi connectivity index (χ4n) is 3.48. The van der Waals surface area contributed by atoms with Gasteiger partial charge in [-0.05, 0) is 54.2 Å². The molecule has 3 aromatic rings. The minimum Gasteiger partial charge on any atom is -0.457 e. The average Bonchev–Trinajstić information content (AvgIpc) is 3.25. The molecule has 1 aromatic heterocycles. The Morgan fingerprint density at radius 1 is 1.10 bits per heavy atom. The Kier molecular flexibility index (Phi) is 5.42. The van der Waals surface area contributed by atoms with Crippen molar-refractivity contribution in [1.82, 2.24) is 14.7 Å². The van der Waals surface area contributed by atoms with Gasteiger partial charge in [-0.1, -0.05) is 6.07 Å². The number of likely N-dealkylation sites (tertiary alicyclic amines) is 1. The standard InChI is InChI=1S/C21H19FN4O4/c22-16-2-1-3-19(14-16)30-18-6-4-15(5-7-18)21(27)24-11-8-17(9-12-24)25-13-10-20(23-25)26(28)29/h1-7,10,13-14,17H,8-9,11-12H2. The van der Waals surface area contributed by atoms with E-state index in [0.717, 1.165) is 0 Å². The minimum atomic E-state index is -0.517. The van der Waals surface area contributed by atoms with E-state index in [1.54, 1.807) is 52.2 Å². The second-order valence-corrected chi connectivity index (χ2v) is 7.02. The molecular formula is C21H19FN4O4. The van der Waals surface area contributed by atoms with Gasteiger partial charge in [0.05, 0.1) is 23.4 Å². The van der Waals surface area contributed by atoms with Crippen LogP contribution in [-0.4, -0.2) is 38.6 Å². The van der Waals surface area contributed by atoms with Gasteiger partial charge in [-0.2, -0.15) is 4.68 Å². The number of hydrogen-bond donors (Lipinski definition) is 0. The number of aromatic nitrogens is 2. The van der Waals surface area contributed by atoms with Gasteiger partial charge in [0.2, 0.25) is 0 Å². The highest BCUT2D eigenvalue weighted by Gasteiger charge is 2.27. The number of halogens is 1. The second kappa shape index (κ2) is 8.32. The molecule has 1 aliphatic heterocycles. The van der Waals surface area contributed by atoms with Crippen LogP contribution >= 0.6 is 0 Å². The molecule has 0 unspecified atom stereocenters. The zero-order valence-corrected chi connectivity index (χ0v) is 16.0. The van der Waals surface area contributed by atoms with Crippen molar-refractivity contribution in [1.29, 1.82) is 0 Å². The summed E-state index contributed by atoms with van der Waals surface area (Å²) in [7, 11) is 0. The molecule has 0 spiro atoms. The number of amides is 1. The van der Waals surface area contributed by atoms with Crippen LogP contribution in [0.2, 0.25) is 0 Å². The summed E-state index contributed by atoms with van der Waals surface area (Å²) in [5.74, 6) is 0.254. The maximum Gasteiger partial charge on any atom is 0.389 e. The van der Waals surface area contributed by atoms with Crippen molar-refractivity contribution >= 4 is 11.7 Å². The number of hydrogen-bond acceptors (Lipinski definition) is 5. The van der Waals surface area contributed by atoms with Crippen molar-refractivity contribution in [2.75, 3.05) is 13.1 Å². The molecule has 1 aliphatic rings. The number of nitrogens with zero attached hydrogens (tertiary/aromatic N) is 4. The summed E-state index contributed by atoms with van der Waals surface area (Å²) in [6, 6.07) is 14.0. The maximum absolute atomic E-state index is 13.3. The number of carbonyl (C=O) groups excluding carboxylic acids is 1. The molecule has 0 N–H and O–H groups in total. The van der Waals surface area contributed by atoms with Gasteiger partial charge in [0.15, 0.2) is 0 Å². The van der Waals surface area contributed by atoms with Gasteiger partial charge in [-0.15, -0.1) is 0 Å². The average molecular weight is 410 g/mol. The van der Waals surface area contributed by atoms with E-state index in [0.29, 0.717) is 43.0 Å². The molecular weight excluding hydrogens is 391 g/mol. The van der Waals surface area contributed by atoms with Gasteiger partial charge in [0, 0.05) is 24.7 Å². The predicted octanol–water partition coefficient (Wildman–Crippen LogP) is 4.20. The molecule has 154 valence electrons. The first-order valence-corrected chi connectivity index (χ1v) is 9.52. The molecule has 0 atom stereocenters. The van der Waals surface area contributed by atoms with Gasteiger partial charge < -0.3 is 19.8 Å². The summed E-state index contributed by atoms with van der Waals surface area (Å²) in [6.07, 6.45) is 2.95. The Morgan fingerprint density at radius 2 is 1.83 bits per heavy atom. The van der Waals surface area contributed by atoms with Crippen LogP contribution < -0.4 is 4.74 Å². The number of rotatable bonds is 5. The molecule has 2 heterocycles. The van der Waals surface area contributed by atoms with E-state index in [9.17, 15) is 19.3 Å². The Bertz CT molecular complexity index is 1060. The predicted molar refractivity (Wildman–Crippen MR) is 106 cm³/mol. The summed E-state index contributed by atoms with van der Waals surface area (Å²) in [5, 5.41) is 14.8. The van der Waals surface area contributed by atoms with Crippen LogP contribution in [0, 0.1) is 15.9 Å². The molecule has 9 heteroatoms. The van der Waals surface area contributed by atoms with Crippen molar-refractivity contribution in [2.24, 2.45) is 0 Å². The lowest BCUT2D eigenvalue weighted by molar-refractivity contribution is -0.389. The normalized spacial score (nSPS) is 14.5. The SMILES string of the molecule is O=C(c1ccc(Oc2cccc(F)c2)cc1)N1CCC(n2ccc([N+](=O)[O-])n2)CC1. The van der Waals surface area contributed by atoms with Gasteiger partial charge in [0.1, 0.15) is 17.3 Å². The summed E-state index contributed by atoms with van der Waals surface area (Å²) >= 11 is 0. The van der Waals surface area contributed by atoms with Crippen molar-refractivity contribution in [3.05, 3.63) is 82.3 Å². The highest BCUT2D eigenvalue weighted by atomic mass is 19.1. The van der Waals surface area contributed by atoms with E-state index < -0.39 is 4.92 Å². The first-order valence-electron chi connectivity index (χ1n) is 9.52. The molecule has 1 amide bonds. The van der Waals surface area contributed by atoms with Crippen LogP contribution in [0.5, 0.6) is 11.5 Å². The van der Waals surface area contributed by atoms with Crippen LogP contribution in [0.15, 0.2) is 60.8 Å². The van der Waals surface area contributed by atoms with E-state index in [1.165, 1.54) is 18.2 Å². The van der Waals surface area contributed by atoms with Crippen molar-refractivity contribution in [2.45, 2.75) is 18.9 Å². The molecule has 0 radical (unpaired) electrons. The van der Waals surface area contributed by atoms with Gasteiger partial charge in [0.25, 0.3) is 5.91 Å². The molecule has 0 bridgehead atoms. The third-order valence-electron chi connectivity index (χ3n) is 5.04. The molecule has 2 aromatic carbocycles. The quantitative estimate of drug-likeness (QED) is 0.464. The highest BCUT2D eigenvalue weighted by Crippen LogP contribution is 2.26. The summed E-state index contributed by atoms with van der Waals surface area (Å²) in [5.41, 5.74) is 0.537. The summed E-state index contributed by atoms with van der Waals surface area (Å²) in [6.45, 7) is 1.08. The van der Waals surface area contributed by atoms with Crippen LogP contribution in [0.25, 0.3) is 0 Å². The lowest BCUT2D eigenvalue weighted by atomic mass is 10.0. The van der Waals surface area contributed by atoms with Crippen molar-refractivity contribution in [3.63, 3.8) is 0 Å². The third kappa shape index (κ3) is 4.29. The summed E-state index contributed by atoms with van der Waals surface area (Å²) in [4.78, 5) is 24.8. The number of nitro groups is 1. The highest BCUT2D eigenvalue weighted by molar-refractivity contribution is 5.94. The van der Waals surface area contributed by atoms with E-state index in [4.69, 9.17) is 4.74 Å². The van der Waals surface area contributed by atoms with Crippen LogP contribution in [0.1, 0.15) is 29.2 Å². The zero-order chi connectivity index (χ0) is 21.1. The number of carbonyl (C=O) groups is 1. The topological polar surface area (TPSA) is 90.5 Å². The minimum absolute atomic E-state index is 0.0322. The number of benzene rings is 2. The molecule has 0 aliphatic carbocycles. The smallest absolute Gasteiger partial charge is 0.389 e. The van der Waals surface area contributed by atoms with Crippen LogP contribution in [0.4, 0.5) is 10.2 Å². The lowest BCUT2D eigenvalue weighted by Gasteiger charge is -2.31. The second-order valence-electron chi connectivity index (χ2n) is 7.02. The van der Waals surface area contributed by atoms with Gasteiger partial charge in [-0.25, -0.2) is 4.39 Å². The van der Waals surface area contributed by atoms with E-state index in [-0.39, 0.29) is 23.6 Å². The fraction of sp³-hybridized carbons (Fsp3) is 0.238. The van der Waals surface area contributed by atoms with Crippen LogP contribution in [-0.2, 0) is 0 Å². The number of ether oxygens (including phenoxy) is 1. The molecule has 30 heavy (non-hydrogen) atoms. The molecule has 0 saturated carbocycles. The Labute approximate surface area is 171 Å². The Balaban J connectivity index is 1.35. The van der Waals surface area contributed by atoms with Crippen molar-refractivity contribution < 1.29 is 18.8 Å². The van der Waals surface area contributed by atoms with Crippen LogP contribution in [0.3, 0.4) is 0 Å². The molecule has 1 fully saturated rings. The monoisotopic (exact) mass is 410 g/mol. The largest absolute Gasteiger partial charge is 0.457 e. The third-order valence-corrected chi connectivity index (χ3v) is 5.04. The van der Waals surface area contributed by atoms with Gasteiger partial charge in [-0.3, -0.25) is 4.79 Å². The van der Waals surface area contributed by atoms with E-state index in [1.807, 2.05) is 0 Å². The first-order chi connectivity index (χ1) is 14.5.